The fourth-order valence-corrected chi connectivity index (χ4v) is 2.02. The summed E-state index contributed by atoms with van der Waals surface area (Å²) in [6.45, 7) is 1.93. The number of aromatic carboxylic acids is 1. The predicted octanol–water partition coefficient (Wildman–Crippen LogP) is 3.16. The Hall–Kier alpha value is -1.63. The minimum Gasteiger partial charge on any atom is -0.493 e. The van der Waals surface area contributed by atoms with Gasteiger partial charge in [0.05, 0.1) is 17.1 Å². The van der Waals surface area contributed by atoms with Crippen LogP contribution < -0.4 is 4.74 Å². The van der Waals surface area contributed by atoms with E-state index in [0.29, 0.717) is 12.4 Å². The van der Waals surface area contributed by atoms with Crippen LogP contribution in [0.3, 0.4) is 0 Å². The van der Waals surface area contributed by atoms with E-state index < -0.39 is 16.6 Å². The lowest BCUT2D eigenvalue weighted by atomic mass is 10.1. The molecule has 1 aromatic carbocycles. The molecule has 0 amide bonds. The van der Waals surface area contributed by atoms with Crippen LogP contribution in [0, 0.1) is 17.0 Å². The van der Waals surface area contributed by atoms with Crippen molar-refractivity contribution < 1.29 is 19.6 Å². The van der Waals surface area contributed by atoms with Crippen LogP contribution in [0.1, 0.15) is 28.8 Å². The summed E-state index contributed by atoms with van der Waals surface area (Å²) < 4.78 is 5.45. The molecule has 0 aliphatic rings. The van der Waals surface area contributed by atoms with Crippen LogP contribution in [0.25, 0.3) is 0 Å². The van der Waals surface area contributed by atoms with Crippen LogP contribution in [0.2, 0.25) is 0 Å². The fraction of sp³-hybridized carbons (Fsp3) is 0.417. The molecule has 104 valence electrons. The molecular formula is C12H14BrNO5. The van der Waals surface area contributed by atoms with Crippen LogP contribution in [0.4, 0.5) is 5.69 Å². The molecule has 0 aliphatic carbocycles. The Bertz CT molecular complexity index is 489. The van der Waals surface area contributed by atoms with E-state index in [1.54, 1.807) is 0 Å². The Balaban J connectivity index is 2.99. The number of unbranched alkanes of at least 4 members (excludes halogenated alkanes) is 1. The highest BCUT2D eigenvalue weighted by atomic mass is 79.9. The largest absolute Gasteiger partial charge is 0.493 e. The van der Waals surface area contributed by atoms with E-state index >= 15 is 0 Å². The third kappa shape index (κ3) is 3.92. The van der Waals surface area contributed by atoms with E-state index in [9.17, 15) is 14.9 Å². The van der Waals surface area contributed by atoms with E-state index in [4.69, 9.17) is 9.84 Å². The molecule has 0 unspecified atom stereocenters. The van der Waals surface area contributed by atoms with E-state index in [0.717, 1.165) is 18.2 Å². The molecule has 0 saturated carbocycles. The summed E-state index contributed by atoms with van der Waals surface area (Å²) >= 11 is 3.30. The monoisotopic (exact) mass is 331 g/mol. The number of alkyl halides is 1. The van der Waals surface area contributed by atoms with Gasteiger partial charge in [-0.05, 0) is 31.9 Å². The van der Waals surface area contributed by atoms with Crippen molar-refractivity contribution in [1.82, 2.24) is 0 Å². The van der Waals surface area contributed by atoms with E-state index in [-0.39, 0.29) is 11.1 Å². The number of carbonyl (C=O) groups is 1. The third-order valence-corrected chi connectivity index (χ3v) is 3.14. The molecule has 0 saturated heterocycles. The number of nitro groups is 1. The average molecular weight is 332 g/mol. The van der Waals surface area contributed by atoms with Gasteiger partial charge in [0, 0.05) is 5.33 Å². The van der Waals surface area contributed by atoms with Gasteiger partial charge >= 0.3 is 5.97 Å². The molecule has 19 heavy (non-hydrogen) atoms. The van der Waals surface area contributed by atoms with Gasteiger partial charge in [0.15, 0.2) is 0 Å². The van der Waals surface area contributed by atoms with Gasteiger partial charge in [-0.2, -0.15) is 0 Å². The average Bonchev–Trinajstić information content (AvgIpc) is 2.35. The maximum absolute atomic E-state index is 11.0. The molecule has 1 N–H and O–H groups in total. The summed E-state index contributed by atoms with van der Waals surface area (Å²) in [5.74, 6) is -0.966. The summed E-state index contributed by atoms with van der Waals surface area (Å²) in [6, 6.07) is 2.66. The molecule has 7 heteroatoms. The van der Waals surface area contributed by atoms with Crippen molar-refractivity contribution in [1.29, 1.82) is 0 Å². The summed E-state index contributed by atoms with van der Waals surface area (Å²) in [5, 5.41) is 20.7. The minimum absolute atomic E-state index is 0.240. The number of rotatable bonds is 7. The number of nitro benzene ring substituents is 1. The Morgan fingerprint density at radius 2 is 2.16 bits per heavy atom. The van der Waals surface area contributed by atoms with Crippen LogP contribution in [0.5, 0.6) is 5.75 Å². The molecule has 0 spiro atoms. The Labute approximate surface area is 118 Å². The van der Waals surface area contributed by atoms with Gasteiger partial charge in [0.2, 0.25) is 0 Å². The zero-order valence-electron chi connectivity index (χ0n) is 10.4. The molecular weight excluding hydrogens is 318 g/mol. The Kier molecular flexibility index (Phi) is 5.75. The normalized spacial score (nSPS) is 10.2. The lowest BCUT2D eigenvalue weighted by Gasteiger charge is -2.10. The zero-order valence-corrected chi connectivity index (χ0v) is 12.0. The number of benzene rings is 1. The second-order valence-electron chi connectivity index (χ2n) is 3.89. The highest BCUT2D eigenvalue weighted by Crippen LogP contribution is 2.31. The summed E-state index contributed by atoms with van der Waals surface area (Å²) in [6.07, 6.45) is 1.76. The number of hydrogen-bond donors (Lipinski definition) is 1. The number of nitrogens with zero attached hydrogens (tertiary/aromatic N) is 1. The third-order valence-electron chi connectivity index (χ3n) is 2.58. The highest BCUT2D eigenvalue weighted by molar-refractivity contribution is 9.09. The molecule has 0 heterocycles. The first kappa shape index (κ1) is 15.4. The number of carboxylic acid groups (broad SMARTS) is 1. The summed E-state index contributed by atoms with van der Waals surface area (Å²) in [7, 11) is 0. The SMILES string of the molecule is Cc1c(OCCCCBr)ccc(C(=O)O)c1[N+](=O)[O-]. The number of hydrogen-bond acceptors (Lipinski definition) is 4. The molecule has 0 radical (unpaired) electrons. The maximum Gasteiger partial charge on any atom is 0.342 e. The first-order valence-corrected chi connectivity index (χ1v) is 6.81. The van der Waals surface area contributed by atoms with Gasteiger partial charge in [0.1, 0.15) is 11.3 Å². The number of halogens is 1. The number of ether oxygens (including phenoxy) is 1. The molecule has 0 aliphatic heterocycles. The van der Waals surface area contributed by atoms with Crippen molar-refractivity contribution in [3.8, 4) is 5.75 Å². The maximum atomic E-state index is 11.0. The molecule has 1 aromatic rings. The van der Waals surface area contributed by atoms with E-state index in [2.05, 4.69) is 15.9 Å². The van der Waals surface area contributed by atoms with Crippen molar-refractivity contribution in [2.24, 2.45) is 0 Å². The first-order valence-electron chi connectivity index (χ1n) is 5.69. The highest BCUT2D eigenvalue weighted by Gasteiger charge is 2.25. The van der Waals surface area contributed by atoms with Gasteiger partial charge in [-0.15, -0.1) is 0 Å². The minimum atomic E-state index is -1.32. The lowest BCUT2D eigenvalue weighted by Crippen LogP contribution is -2.07. The van der Waals surface area contributed by atoms with Crippen molar-refractivity contribution in [3.05, 3.63) is 33.4 Å². The molecule has 0 bridgehead atoms. The summed E-state index contributed by atoms with van der Waals surface area (Å²) in [4.78, 5) is 21.2. The van der Waals surface area contributed by atoms with E-state index in [1.165, 1.54) is 19.1 Å². The topological polar surface area (TPSA) is 89.7 Å². The van der Waals surface area contributed by atoms with Gasteiger partial charge < -0.3 is 9.84 Å². The number of carboxylic acids is 1. The lowest BCUT2D eigenvalue weighted by molar-refractivity contribution is -0.385. The van der Waals surface area contributed by atoms with Crippen molar-refractivity contribution in [2.45, 2.75) is 19.8 Å². The van der Waals surface area contributed by atoms with Gasteiger partial charge in [-0.25, -0.2) is 4.79 Å². The Morgan fingerprint density at radius 3 is 2.68 bits per heavy atom. The second kappa shape index (κ2) is 7.08. The molecule has 0 aromatic heterocycles. The van der Waals surface area contributed by atoms with Gasteiger partial charge in [-0.1, -0.05) is 15.9 Å². The van der Waals surface area contributed by atoms with Crippen LogP contribution in [-0.2, 0) is 0 Å². The van der Waals surface area contributed by atoms with Gasteiger partial charge in [0.25, 0.3) is 5.69 Å². The smallest absolute Gasteiger partial charge is 0.342 e. The van der Waals surface area contributed by atoms with Crippen LogP contribution in [-0.4, -0.2) is 27.9 Å². The zero-order chi connectivity index (χ0) is 14.4. The molecule has 6 nitrogen and oxygen atoms in total. The fourth-order valence-electron chi connectivity index (χ4n) is 1.62. The standard InChI is InChI=1S/C12H14BrNO5/c1-8-10(19-7-3-2-6-13)5-4-9(12(15)16)11(8)14(17)18/h4-5H,2-3,6-7H2,1H3,(H,15,16). The predicted molar refractivity (Wildman–Crippen MR) is 73.3 cm³/mol. The molecule has 0 fully saturated rings. The van der Waals surface area contributed by atoms with Crippen LogP contribution >= 0.6 is 15.9 Å². The summed E-state index contributed by atoms with van der Waals surface area (Å²) in [5.41, 5.74) is -0.496. The second-order valence-corrected chi connectivity index (χ2v) is 4.68. The molecule has 0 atom stereocenters. The molecule has 1 rings (SSSR count). The first-order chi connectivity index (χ1) is 8.99. The quantitative estimate of drug-likeness (QED) is 0.358. The Morgan fingerprint density at radius 1 is 1.47 bits per heavy atom. The van der Waals surface area contributed by atoms with Crippen molar-refractivity contribution >= 4 is 27.6 Å². The van der Waals surface area contributed by atoms with Crippen molar-refractivity contribution in [3.63, 3.8) is 0 Å². The van der Waals surface area contributed by atoms with Gasteiger partial charge in [-0.3, -0.25) is 10.1 Å². The van der Waals surface area contributed by atoms with Crippen molar-refractivity contribution in [2.75, 3.05) is 11.9 Å². The van der Waals surface area contributed by atoms with E-state index in [1.807, 2.05) is 0 Å². The van der Waals surface area contributed by atoms with Crippen LogP contribution in [0.15, 0.2) is 12.1 Å².